The van der Waals surface area contributed by atoms with Gasteiger partial charge >= 0.3 is 62.0 Å². The molecule has 0 spiro atoms. The normalized spacial score (nSPS) is 24.1. The van der Waals surface area contributed by atoms with Crippen molar-refractivity contribution in [2.45, 2.75) is 123 Å². The van der Waals surface area contributed by atoms with Gasteiger partial charge in [-0.15, -0.1) is 6.58 Å². The summed E-state index contributed by atoms with van der Waals surface area (Å²) >= 11 is 0. The Hall–Kier alpha value is -6.45. The highest BCUT2D eigenvalue weighted by Gasteiger charge is 2.61. The maximum atomic E-state index is 14.2. The quantitative estimate of drug-likeness (QED) is 0.0603. The first-order valence-electron chi connectivity index (χ1n) is 20.5. The van der Waals surface area contributed by atoms with E-state index < -0.39 is 161 Å². The van der Waals surface area contributed by atoms with Gasteiger partial charge in [0.25, 0.3) is 11.7 Å². The highest BCUT2D eigenvalue weighted by molar-refractivity contribution is 7.41. The van der Waals surface area contributed by atoms with Crippen molar-refractivity contribution < 1.29 is 109 Å². The molecule has 1 unspecified atom stereocenters. The lowest BCUT2D eigenvalue weighted by molar-refractivity contribution is -0.291. The van der Waals surface area contributed by atoms with Crippen molar-refractivity contribution in [3.63, 3.8) is 0 Å². The maximum absolute atomic E-state index is 14.2. The maximum Gasteiger partial charge on any atom is 0.367 e. The lowest BCUT2D eigenvalue weighted by atomic mass is 9.88. The van der Waals surface area contributed by atoms with Gasteiger partial charge in [-0.25, -0.2) is 9.59 Å². The Morgan fingerprint density at radius 2 is 1.48 bits per heavy atom. The van der Waals surface area contributed by atoms with Gasteiger partial charge in [0.1, 0.15) is 30.7 Å². The first-order valence-corrected chi connectivity index (χ1v) is 21.6. The first kappa shape index (κ1) is 56.9. The van der Waals surface area contributed by atoms with Crippen molar-refractivity contribution in [2.75, 3.05) is 38.9 Å². The second-order valence-corrected chi connectivity index (χ2v) is 15.8. The van der Waals surface area contributed by atoms with E-state index in [1.165, 1.54) is 19.1 Å². The predicted molar refractivity (Wildman–Crippen MR) is 224 cm³/mol. The van der Waals surface area contributed by atoms with Gasteiger partial charge in [0.2, 0.25) is 5.91 Å². The fourth-order valence-corrected chi connectivity index (χ4v) is 7.79. The van der Waals surface area contributed by atoms with E-state index in [1.54, 1.807) is 0 Å². The largest absolute Gasteiger partial charge is 0.465 e. The standard InChI is InChI=1S/C40H53N4O24P/c1-11-14-59-69(60-17-29-34(64-25(8)51)36(65-26(9)52)37(66-29)44-13-12-30(41-19(2)45)42-39(44)55)68-40(38(54)56-10)15-27(61-22(5)48)32(43-31(53)18-58-21(4)47)35(67-40)33(63-24(7)50)28(62-23(6)49)16-57-20(3)46/h11-13,27-29,32-37H,1,14-18H2,2-10H3,(H,43,53)(H,41,42,45,55)/t27-,28+,29+,32+,33+,34+,35+,36+,37+,40+,69?/m0/s1. The van der Waals surface area contributed by atoms with E-state index in [9.17, 15) is 52.7 Å². The summed E-state index contributed by atoms with van der Waals surface area (Å²) < 4.78 is 73.8. The number of ether oxygens (including phenoxy) is 10. The molecule has 29 heteroatoms. The number of rotatable bonds is 23. The zero-order valence-corrected chi connectivity index (χ0v) is 39.7. The van der Waals surface area contributed by atoms with Crippen LogP contribution in [-0.4, -0.2) is 157 Å². The molecule has 2 fully saturated rings. The third-order valence-electron chi connectivity index (χ3n) is 9.02. The van der Waals surface area contributed by atoms with Crippen LogP contribution in [-0.2, 0) is 109 Å². The SMILES string of the molecule is C=CCOP(OC[C@H]1O[C@@H](n2ccc(NC(C)=O)nc2=O)[C@H](OC(C)=O)[C@@H]1OC(C)=O)O[C@@]1(C(=O)OC)C[C@H](OC(C)=O)[C@@H](NC(=O)COC(C)=O)[C@H]([C@H](OC(C)=O)[C@@H](COC(C)=O)OC(C)=O)O1. The summed E-state index contributed by atoms with van der Waals surface area (Å²) in [7, 11) is -2.13. The number of anilines is 1. The van der Waals surface area contributed by atoms with E-state index in [0.717, 1.165) is 66.3 Å². The molecule has 0 aliphatic carbocycles. The summed E-state index contributed by atoms with van der Waals surface area (Å²) in [6.45, 7) is 8.80. The number of carbonyl (C=O) groups excluding carboxylic acids is 10. The Bertz CT molecular complexity index is 2150. The average Bonchev–Trinajstić information content (AvgIpc) is 3.55. The van der Waals surface area contributed by atoms with E-state index in [-0.39, 0.29) is 12.4 Å². The molecule has 11 atom stereocenters. The van der Waals surface area contributed by atoms with E-state index in [1.807, 2.05) is 0 Å². The number of esters is 8. The van der Waals surface area contributed by atoms with Crippen molar-refractivity contribution in [2.24, 2.45) is 0 Å². The minimum atomic E-state index is -3.03. The fourth-order valence-electron chi connectivity index (χ4n) is 6.68. The Balaban J connectivity index is 2.22. The number of carbonyl (C=O) groups is 10. The molecule has 0 aromatic carbocycles. The van der Waals surface area contributed by atoms with Crippen LogP contribution in [0.1, 0.15) is 68.0 Å². The van der Waals surface area contributed by atoms with Gasteiger partial charge in [-0.05, 0) is 6.07 Å². The Labute approximate surface area is 394 Å². The zero-order chi connectivity index (χ0) is 51.7. The molecule has 382 valence electrons. The zero-order valence-electron chi connectivity index (χ0n) is 38.8. The van der Waals surface area contributed by atoms with Crippen LogP contribution in [0.3, 0.4) is 0 Å². The second-order valence-electron chi connectivity index (χ2n) is 14.7. The molecule has 28 nitrogen and oxygen atoms in total. The van der Waals surface area contributed by atoms with Gasteiger partial charge in [0.05, 0.1) is 32.8 Å². The Morgan fingerprint density at radius 1 is 0.855 bits per heavy atom. The number of hydrogen-bond acceptors (Lipinski definition) is 25. The van der Waals surface area contributed by atoms with Gasteiger partial charge in [-0.1, -0.05) is 6.08 Å². The molecular weight excluding hydrogens is 951 g/mol. The van der Waals surface area contributed by atoms with Crippen LogP contribution in [0.4, 0.5) is 5.82 Å². The number of amides is 2. The second kappa shape index (κ2) is 26.3. The smallest absolute Gasteiger partial charge is 0.367 e. The molecule has 2 amide bonds. The van der Waals surface area contributed by atoms with Crippen LogP contribution in [0.2, 0.25) is 0 Å². The lowest BCUT2D eigenvalue weighted by Gasteiger charge is -2.48. The van der Waals surface area contributed by atoms with E-state index in [0.29, 0.717) is 0 Å². The van der Waals surface area contributed by atoms with Gasteiger partial charge in [-0.2, -0.15) is 4.98 Å². The molecule has 2 aliphatic rings. The molecule has 0 saturated carbocycles. The van der Waals surface area contributed by atoms with Crippen molar-refractivity contribution in [3.8, 4) is 0 Å². The van der Waals surface area contributed by atoms with E-state index in [4.69, 9.17) is 60.9 Å². The van der Waals surface area contributed by atoms with E-state index in [2.05, 4.69) is 22.2 Å². The highest BCUT2D eigenvalue weighted by Crippen LogP contribution is 2.50. The van der Waals surface area contributed by atoms with Crippen LogP contribution in [0.5, 0.6) is 0 Å². The first-order chi connectivity index (χ1) is 32.4. The molecular formula is C40H53N4O24P. The van der Waals surface area contributed by atoms with Gasteiger partial charge < -0.3 is 67.0 Å². The van der Waals surface area contributed by atoms with Gasteiger partial charge in [0, 0.05) is 61.6 Å². The number of hydrogen-bond donors (Lipinski definition) is 2. The monoisotopic (exact) mass is 1000 g/mol. The molecule has 2 N–H and O–H groups in total. The molecule has 0 bridgehead atoms. The molecule has 1 aromatic heterocycles. The fraction of sp³-hybridized carbons (Fsp3) is 0.600. The Morgan fingerprint density at radius 3 is 2.01 bits per heavy atom. The summed E-state index contributed by atoms with van der Waals surface area (Å²) in [4.78, 5) is 142. The minimum Gasteiger partial charge on any atom is -0.465 e. The topological polar surface area (TPSA) is 350 Å². The lowest BCUT2D eigenvalue weighted by Crippen LogP contribution is -2.69. The van der Waals surface area contributed by atoms with Crippen LogP contribution in [0.15, 0.2) is 29.7 Å². The van der Waals surface area contributed by atoms with Gasteiger partial charge in [-0.3, -0.25) is 52.2 Å². The van der Waals surface area contributed by atoms with E-state index >= 15 is 0 Å². The van der Waals surface area contributed by atoms with Crippen molar-refractivity contribution in [3.05, 3.63) is 35.4 Å². The molecule has 69 heavy (non-hydrogen) atoms. The van der Waals surface area contributed by atoms with Crippen molar-refractivity contribution in [1.29, 1.82) is 0 Å². The summed E-state index contributed by atoms with van der Waals surface area (Å²) in [6, 6.07) is -0.492. The average molecular weight is 1000 g/mol. The van der Waals surface area contributed by atoms with Crippen LogP contribution >= 0.6 is 8.60 Å². The molecule has 1 aromatic rings. The summed E-state index contributed by atoms with van der Waals surface area (Å²) in [5.41, 5.74) is -1.01. The predicted octanol–water partition coefficient (Wildman–Crippen LogP) is -0.510. The molecule has 2 saturated heterocycles. The molecule has 2 aliphatic heterocycles. The van der Waals surface area contributed by atoms with Crippen LogP contribution in [0, 0.1) is 0 Å². The summed E-state index contributed by atoms with van der Waals surface area (Å²) in [5.74, 6) is -12.7. The third kappa shape index (κ3) is 17.2. The van der Waals surface area contributed by atoms with Crippen LogP contribution < -0.4 is 16.3 Å². The van der Waals surface area contributed by atoms with Crippen LogP contribution in [0.25, 0.3) is 0 Å². The summed E-state index contributed by atoms with van der Waals surface area (Å²) in [6.07, 6.45) is -12.2. The molecule has 3 rings (SSSR count). The summed E-state index contributed by atoms with van der Waals surface area (Å²) in [5, 5.41) is 4.79. The molecule has 3 heterocycles. The van der Waals surface area contributed by atoms with Crippen molar-refractivity contribution in [1.82, 2.24) is 14.9 Å². The number of nitrogens with zero attached hydrogens (tertiary/aromatic N) is 2. The van der Waals surface area contributed by atoms with Gasteiger partial charge in [0.15, 0.2) is 37.3 Å². The third-order valence-corrected chi connectivity index (χ3v) is 10.2. The minimum absolute atomic E-state index is 0.131. The Kier molecular flexibility index (Phi) is 21.7. The highest BCUT2D eigenvalue weighted by atomic mass is 31.2. The van der Waals surface area contributed by atoms with Crippen molar-refractivity contribution >= 4 is 74.0 Å². The number of aromatic nitrogens is 2. The number of nitrogens with one attached hydrogen (secondary N) is 2. The molecule has 0 radical (unpaired) electrons. The number of methoxy groups -OCH3 is 1.